The van der Waals surface area contributed by atoms with Gasteiger partial charge in [0.05, 0.1) is 6.04 Å². The molecule has 1 aromatic heterocycles. The minimum absolute atomic E-state index is 0.213. The van der Waals surface area contributed by atoms with E-state index in [1.54, 1.807) is 0 Å². The van der Waals surface area contributed by atoms with E-state index in [9.17, 15) is 0 Å². The smallest absolute Gasteiger partial charge is 0.244 e. The molecular weight excluding hydrogens is 306 g/mol. The zero-order chi connectivity index (χ0) is 14.0. The summed E-state index contributed by atoms with van der Waals surface area (Å²) in [6.07, 6.45) is 0.979. The van der Waals surface area contributed by atoms with E-state index < -0.39 is 0 Å². The van der Waals surface area contributed by atoms with E-state index >= 15 is 0 Å². The van der Waals surface area contributed by atoms with Crippen molar-refractivity contribution in [1.82, 2.24) is 10.1 Å². The van der Waals surface area contributed by atoms with Gasteiger partial charge in [-0.3, -0.25) is 0 Å². The number of aryl methyl sites for hydroxylation is 1. The van der Waals surface area contributed by atoms with Crippen molar-refractivity contribution in [3.05, 3.63) is 34.1 Å². The molecular formula is C14H18BrN3O. The van der Waals surface area contributed by atoms with Crippen LogP contribution in [0, 0.1) is 12.8 Å². The van der Waals surface area contributed by atoms with Crippen LogP contribution in [0.25, 0.3) is 11.4 Å². The summed E-state index contributed by atoms with van der Waals surface area (Å²) in [6, 6.07) is 5.81. The van der Waals surface area contributed by atoms with Gasteiger partial charge in [0.15, 0.2) is 0 Å². The van der Waals surface area contributed by atoms with Gasteiger partial charge in [-0.2, -0.15) is 4.98 Å². The largest absolute Gasteiger partial charge is 0.337 e. The lowest BCUT2D eigenvalue weighted by molar-refractivity contribution is 0.312. The van der Waals surface area contributed by atoms with E-state index in [0.29, 0.717) is 17.6 Å². The van der Waals surface area contributed by atoms with Gasteiger partial charge in [-0.1, -0.05) is 47.4 Å². The lowest BCUT2D eigenvalue weighted by atomic mass is 10.0. The molecule has 0 aliphatic rings. The summed E-state index contributed by atoms with van der Waals surface area (Å²) in [4.78, 5) is 4.41. The number of hydrogen-bond donors (Lipinski definition) is 1. The van der Waals surface area contributed by atoms with Gasteiger partial charge in [0.1, 0.15) is 0 Å². The van der Waals surface area contributed by atoms with Crippen molar-refractivity contribution in [1.29, 1.82) is 0 Å². The Hall–Kier alpha value is -1.20. The molecule has 2 aromatic rings. The molecule has 19 heavy (non-hydrogen) atoms. The zero-order valence-corrected chi connectivity index (χ0v) is 12.9. The van der Waals surface area contributed by atoms with Crippen LogP contribution >= 0.6 is 15.9 Å². The van der Waals surface area contributed by atoms with Crippen molar-refractivity contribution in [3.63, 3.8) is 0 Å². The summed E-state index contributed by atoms with van der Waals surface area (Å²) in [6.45, 7) is 6.21. The quantitative estimate of drug-likeness (QED) is 0.927. The number of benzene rings is 1. The average molecular weight is 324 g/mol. The summed E-state index contributed by atoms with van der Waals surface area (Å²) >= 11 is 3.52. The Bertz CT molecular complexity index is 568. The molecule has 0 fully saturated rings. The molecule has 0 aliphatic carbocycles. The van der Waals surface area contributed by atoms with Crippen LogP contribution in [0.1, 0.15) is 37.8 Å². The van der Waals surface area contributed by atoms with Crippen LogP contribution in [0.4, 0.5) is 0 Å². The minimum Gasteiger partial charge on any atom is -0.337 e. The molecule has 0 amide bonds. The summed E-state index contributed by atoms with van der Waals surface area (Å²) in [5.41, 5.74) is 8.19. The van der Waals surface area contributed by atoms with Gasteiger partial charge >= 0.3 is 0 Å². The van der Waals surface area contributed by atoms with E-state index in [2.05, 4.69) is 39.9 Å². The van der Waals surface area contributed by atoms with Gasteiger partial charge in [0.2, 0.25) is 11.7 Å². The lowest BCUT2D eigenvalue weighted by Gasteiger charge is -2.12. The van der Waals surface area contributed by atoms with Crippen molar-refractivity contribution in [2.24, 2.45) is 11.7 Å². The summed E-state index contributed by atoms with van der Waals surface area (Å²) in [5, 5.41) is 4.02. The van der Waals surface area contributed by atoms with Crippen molar-refractivity contribution in [2.75, 3.05) is 0 Å². The van der Waals surface area contributed by atoms with Crippen LogP contribution in [-0.4, -0.2) is 10.1 Å². The van der Waals surface area contributed by atoms with Gasteiger partial charge in [-0.25, -0.2) is 0 Å². The molecule has 2 N–H and O–H groups in total. The van der Waals surface area contributed by atoms with E-state index in [0.717, 1.165) is 16.5 Å². The van der Waals surface area contributed by atoms with Crippen LogP contribution in [0.5, 0.6) is 0 Å². The number of rotatable bonds is 4. The fourth-order valence-electron chi connectivity index (χ4n) is 1.78. The zero-order valence-electron chi connectivity index (χ0n) is 11.4. The SMILES string of the molecule is CCC(C)[C@H](N)c1nc(-c2ccc(C)cc2Br)no1. The molecule has 1 unspecified atom stereocenters. The highest BCUT2D eigenvalue weighted by molar-refractivity contribution is 9.10. The molecule has 1 aromatic carbocycles. The molecule has 0 radical (unpaired) electrons. The second-order valence-electron chi connectivity index (χ2n) is 4.85. The van der Waals surface area contributed by atoms with Crippen LogP contribution in [0.3, 0.4) is 0 Å². The van der Waals surface area contributed by atoms with Crippen molar-refractivity contribution < 1.29 is 4.52 Å². The topological polar surface area (TPSA) is 64.9 Å². The Morgan fingerprint density at radius 3 is 2.79 bits per heavy atom. The number of halogens is 1. The molecule has 0 saturated heterocycles. The highest BCUT2D eigenvalue weighted by Crippen LogP contribution is 2.28. The summed E-state index contributed by atoms with van der Waals surface area (Å²) < 4.78 is 6.24. The molecule has 0 saturated carbocycles. The molecule has 2 rings (SSSR count). The fourth-order valence-corrected chi connectivity index (χ4v) is 2.45. The number of hydrogen-bond acceptors (Lipinski definition) is 4. The van der Waals surface area contributed by atoms with E-state index in [1.807, 2.05) is 25.1 Å². The van der Waals surface area contributed by atoms with Crippen LogP contribution in [0.15, 0.2) is 27.2 Å². The first-order valence-electron chi connectivity index (χ1n) is 6.38. The Balaban J connectivity index is 2.30. The minimum atomic E-state index is -0.213. The van der Waals surface area contributed by atoms with Crippen molar-refractivity contribution in [3.8, 4) is 11.4 Å². The Labute approximate surface area is 121 Å². The number of aromatic nitrogens is 2. The standard InChI is InChI=1S/C14H18BrN3O/c1-4-9(3)12(16)14-17-13(18-19-14)10-6-5-8(2)7-11(10)15/h5-7,9,12H,4,16H2,1-3H3/t9?,12-/m0/s1. The highest BCUT2D eigenvalue weighted by atomic mass is 79.9. The molecule has 0 bridgehead atoms. The second kappa shape index (κ2) is 5.84. The van der Waals surface area contributed by atoms with Crippen molar-refractivity contribution in [2.45, 2.75) is 33.2 Å². The predicted molar refractivity (Wildman–Crippen MR) is 78.6 cm³/mol. The highest BCUT2D eigenvalue weighted by Gasteiger charge is 2.21. The van der Waals surface area contributed by atoms with Crippen LogP contribution in [0.2, 0.25) is 0 Å². The van der Waals surface area contributed by atoms with Crippen molar-refractivity contribution >= 4 is 15.9 Å². The molecule has 4 nitrogen and oxygen atoms in total. The predicted octanol–water partition coefficient (Wildman–Crippen LogP) is 3.85. The first-order valence-corrected chi connectivity index (χ1v) is 7.18. The first kappa shape index (κ1) is 14.2. The Kier molecular flexibility index (Phi) is 4.37. The Morgan fingerprint density at radius 2 is 2.16 bits per heavy atom. The van der Waals surface area contributed by atoms with Crippen LogP contribution in [-0.2, 0) is 0 Å². The number of nitrogens with zero attached hydrogens (tertiary/aromatic N) is 2. The normalized spacial score (nSPS) is 14.4. The molecule has 0 spiro atoms. The Morgan fingerprint density at radius 1 is 1.42 bits per heavy atom. The van der Waals surface area contributed by atoms with Gasteiger partial charge in [-0.15, -0.1) is 0 Å². The number of nitrogens with two attached hydrogens (primary N) is 1. The summed E-state index contributed by atoms with van der Waals surface area (Å²) in [5.74, 6) is 1.38. The average Bonchev–Trinajstić information content (AvgIpc) is 2.86. The maximum atomic E-state index is 6.09. The van der Waals surface area contributed by atoms with Gasteiger partial charge in [0, 0.05) is 10.0 Å². The monoisotopic (exact) mass is 323 g/mol. The molecule has 102 valence electrons. The third-order valence-corrected chi connectivity index (χ3v) is 4.01. The lowest BCUT2D eigenvalue weighted by Crippen LogP contribution is -2.18. The molecule has 5 heteroatoms. The van der Waals surface area contributed by atoms with E-state index in [1.165, 1.54) is 5.56 Å². The molecule has 1 heterocycles. The summed E-state index contributed by atoms with van der Waals surface area (Å²) in [7, 11) is 0. The van der Waals surface area contributed by atoms with Gasteiger partial charge in [-0.05, 0) is 30.5 Å². The molecule has 0 aliphatic heterocycles. The van der Waals surface area contributed by atoms with Gasteiger partial charge < -0.3 is 10.3 Å². The fraction of sp³-hybridized carbons (Fsp3) is 0.429. The van der Waals surface area contributed by atoms with Gasteiger partial charge in [0.25, 0.3) is 0 Å². The second-order valence-corrected chi connectivity index (χ2v) is 5.71. The molecule has 2 atom stereocenters. The first-order chi connectivity index (χ1) is 9.02. The third-order valence-electron chi connectivity index (χ3n) is 3.35. The van der Waals surface area contributed by atoms with E-state index in [4.69, 9.17) is 10.3 Å². The van der Waals surface area contributed by atoms with Crippen LogP contribution < -0.4 is 5.73 Å². The maximum absolute atomic E-state index is 6.09. The van der Waals surface area contributed by atoms with E-state index in [-0.39, 0.29) is 6.04 Å². The third kappa shape index (κ3) is 3.04. The maximum Gasteiger partial charge on any atom is 0.244 e.